The van der Waals surface area contributed by atoms with Crippen LogP contribution in [0.2, 0.25) is 0 Å². The zero-order valence-corrected chi connectivity index (χ0v) is 12.0. The van der Waals surface area contributed by atoms with Crippen molar-refractivity contribution < 1.29 is 9.53 Å². The fourth-order valence-corrected chi connectivity index (χ4v) is 3.26. The van der Waals surface area contributed by atoms with Gasteiger partial charge in [0.05, 0.1) is 12.0 Å². The molecule has 1 aromatic carbocycles. The molecule has 0 aliphatic carbocycles. The van der Waals surface area contributed by atoms with Crippen LogP contribution in [0.1, 0.15) is 30.7 Å². The molecule has 4 nitrogen and oxygen atoms in total. The third-order valence-corrected chi connectivity index (χ3v) is 4.47. The highest BCUT2D eigenvalue weighted by molar-refractivity contribution is 5.86. The highest BCUT2D eigenvalue weighted by Crippen LogP contribution is 2.33. The van der Waals surface area contributed by atoms with E-state index in [9.17, 15) is 4.79 Å². The number of rotatable bonds is 2. The lowest BCUT2D eigenvalue weighted by Gasteiger charge is -2.35. The number of piperidine rings is 1. The first-order valence-electron chi connectivity index (χ1n) is 7.44. The summed E-state index contributed by atoms with van der Waals surface area (Å²) in [5, 5.41) is 3.38. The van der Waals surface area contributed by atoms with Crippen molar-refractivity contribution in [2.45, 2.75) is 31.3 Å². The summed E-state index contributed by atoms with van der Waals surface area (Å²) < 4.78 is 5.37. The van der Waals surface area contributed by atoms with E-state index in [4.69, 9.17) is 4.74 Å². The van der Waals surface area contributed by atoms with Crippen molar-refractivity contribution in [1.29, 1.82) is 0 Å². The van der Waals surface area contributed by atoms with Gasteiger partial charge in [0.1, 0.15) is 0 Å². The van der Waals surface area contributed by atoms with Crippen LogP contribution in [0, 0.1) is 0 Å². The third kappa shape index (κ3) is 2.52. The van der Waals surface area contributed by atoms with E-state index >= 15 is 0 Å². The lowest BCUT2D eigenvalue weighted by Crippen LogP contribution is -2.43. The minimum atomic E-state index is 0.0199. The summed E-state index contributed by atoms with van der Waals surface area (Å²) in [6, 6.07) is 8.17. The molecule has 3 rings (SSSR count). The van der Waals surface area contributed by atoms with E-state index in [0.29, 0.717) is 6.10 Å². The van der Waals surface area contributed by atoms with Gasteiger partial charge >= 0.3 is 0 Å². The SMILES string of the molecule is COC1CCN(C(=O)C2CCNc3ccccc32)CC1. The number of fused-ring (bicyclic) bond motifs is 1. The van der Waals surface area contributed by atoms with Gasteiger partial charge in [0.25, 0.3) is 0 Å². The predicted molar refractivity (Wildman–Crippen MR) is 78.9 cm³/mol. The number of nitrogens with zero attached hydrogens (tertiary/aromatic N) is 1. The third-order valence-electron chi connectivity index (χ3n) is 4.47. The number of methoxy groups -OCH3 is 1. The van der Waals surface area contributed by atoms with Gasteiger partial charge in [-0.2, -0.15) is 0 Å². The van der Waals surface area contributed by atoms with Crippen LogP contribution in [0.15, 0.2) is 24.3 Å². The van der Waals surface area contributed by atoms with Crippen LogP contribution in [0.3, 0.4) is 0 Å². The monoisotopic (exact) mass is 274 g/mol. The van der Waals surface area contributed by atoms with Gasteiger partial charge in [-0.05, 0) is 30.9 Å². The molecule has 1 amide bonds. The Balaban J connectivity index is 1.72. The maximum atomic E-state index is 12.8. The summed E-state index contributed by atoms with van der Waals surface area (Å²) in [7, 11) is 1.76. The van der Waals surface area contributed by atoms with Crippen molar-refractivity contribution in [2.75, 3.05) is 32.1 Å². The Morgan fingerprint density at radius 2 is 2.00 bits per heavy atom. The van der Waals surface area contributed by atoms with Crippen LogP contribution in [-0.4, -0.2) is 43.7 Å². The molecule has 1 aromatic rings. The standard InChI is InChI=1S/C16H22N2O2/c1-20-12-7-10-18(11-8-12)16(19)14-6-9-17-15-5-3-2-4-13(14)15/h2-5,12,14,17H,6-11H2,1H3. The Labute approximate surface area is 120 Å². The molecule has 2 aliphatic rings. The van der Waals surface area contributed by atoms with E-state index in [1.54, 1.807) is 7.11 Å². The molecule has 2 heterocycles. The average molecular weight is 274 g/mol. The number of nitrogens with one attached hydrogen (secondary N) is 1. The molecule has 1 fully saturated rings. The average Bonchev–Trinajstić information content (AvgIpc) is 2.54. The summed E-state index contributed by atoms with van der Waals surface area (Å²) in [6.45, 7) is 2.52. The Morgan fingerprint density at radius 3 is 2.75 bits per heavy atom. The van der Waals surface area contributed by atoms with Crippen molar-refractivity contribution >= 4 is 11.6 Å². The number of hydrogen-bond acceptors (Lipinski definition) is 3. The Bertz CT molecular complexity index is 481. The normalized spacial score (nSPS) is 23.1. The highest BCUT2D eigenvalue weighted by atomic mass is 16.5. The second-order valence-electron chi connectivity index (χ2n) is 5.62. The summed E-state index contributed by atoms with van der Waals surface area (Å²) in [4.78, 5) is 14.8. The summed E-state index contributed by atoms with van der Waals surface area (Å²) in [6.07, 6.45) is 3.11. The van der Waals surface area contributed by atoms with E-state index < -0.39 is 0 Å². The zero-order chi connectivity index (χ0) is 13.9. The van der Waals surface area contributed by atoms with E-state index in [1.165, 1.54) is 0 Å². The van der Waals surface area contributed by atoms with Crippen molar-refractivity contribution in [2.24, 2.45) is 0 Å². The van der Waals surface area contributed by atoms with Gasteiger partial charge in [-0.25, -0.2) is 0 Å². The zero-order valence-electron chi connectivity index (χ0n) is 12.0. The molecule has 0 radical (unpaired) electrons. The molecule has 0 aromatic heterocycles. The molecule has 20 heavy (non-hydrogen) atoms. The minimum absolute atomic E-state index is 0.0199. The van der Waals surface area contributed by atoms with Gasteiger partial charge in [0.15, 0.2) is 0 Å². The molecule has 0 spiro atoms. The maximum Gasteiger partial charge on any atom is 0.230 e. The number of carbonyl (C=O) groups excluding carboxylic acids is 1. The highest BCUT2D eigenvalue weighted by Gasteiger charge is 2.31. The molecule has 0 bridgehead atoms. The van der Waals surface area contributed by atoms with Gasteiger partial charge in [-0.1, -0.05) is 18.2 Å². The van der Waals surface area contributed by atoms with E-state index in [2.05, 4.69) is 17.4 Å². The van der Waals surface area contributed by atoms with Crippen LogP contribution < -0.4 is 5.32 Å². The topological polar surface area (TPSA) is 41.6 Å². The van der Waals surface area contributed by atoms with Crippen LogP contribution in [0.25, 0.3) is 0 Å². The van der Waals surface area contributed by atoms with Gasteiger partial charge in [0, 0.05) is 32.4 Å². The molecule has 1 atom stereocenters. The van der Waals surface area contributed by atoms with E-state index in [-0.39, 0.29) is 11.8 Å². The van der Waals surface area contributed by atoms with Crippen LogP contribution >= 0.6 is 0 Å². The quantitative estimate of drug-likeness (QED) is 0.899. The number of benzene rings is 1. The first kappa shape index (κ1) is 13.4. The second kappa shape index (κ2) is 5.83. The second-order valence-corrected chi connectivity index (χ2v) is 5.62. The van der Waals surface area contributed by atoms with Crippen molar-refractivity contribution in [3.63, 3.8) is 0 Å². The molecule has 1 unspecified atom stereocenters. The molecule has 0 saturated carbocycles. The van der Waals surface area contributed by atoms with E-state index in [1.807, 2.05) is 17.0 Å². The maximum absolute atomic E-state index is 12.8. The lowest BCUT2D eigenvalue weighted by molar-refractivity contribution is -0.135. The summed E-state index contributed by atoms with van der Waals surface area (Å²) in [5.74, 6) is 0.306. The molecule has 1 saturated heterocycles. The molecule has 108 valence electrons. The minimum Gasteiger partial charge on any atom is -0.385 e. The van der Waals surface area contributed by atoms with Gasteiger partial charge < -0.3 is 15.0 Å². The molecular formula is C16H22N2O2. The first-order chi connectivity index (χ1) is 9.79. The fraction of sp³-hybridized carbons (Fsp3) is 0.562. The number of anilines is 1. The number of likely N-dealkylation sites (tertiary alicyclic amines) is 1. The lowest BCUT2D eigenvalue weighted by atomic mass is 9.89. The van der Waals surface area contributed by atoms with Crippen molar-refractivity contribution in [3.8, 4) is 0 Å². The molecule has 1 N–H and O–H groups in total. The Kier molecular flexibility index (Phi) is 3.92. The first-order valence-corrected chi connectivity index (χ1v) is 7.44. The van der Waals surface area contributed by atoms with Crippen LogP contribution in [0.5, 0.6) is 0 Å². The largest absolute Gasteiger partial charge is 0.385 e. The number of para-hydroxylation sites is 1. The van der Waals surface area contributed by atoms with Gasteiger partial charge in [-0.15, -0.1) is 0 Å². The predicted octanol–water partition coefficient (Wildman–Crippen LogP) is 2.22. The number of carbonyl (C=O) groups is 1. The van der Waals surface area contributed by atoms with E-state index in [0.717, 1.165) is 50.1 Å². The number of hydrogen-bond donors (Lipinski definition) is 1. The fourth-order valence-electron chi connectivity index (χ4n) is 3.26. The van der Waals surface area contributed by atoms with Gasteiger partial charge in [-0.3, -0.25) is 4.79 Å². The summed E-state index contributed by atoms with van der Waals surface area (Å²) >= 11 is 0. The Hall–Kier alpha value is -1.55. The molecular weight excluding hydrogens is 252 g/mol. The molecule has 2 aliphatic heterocycles. The van der Waals surface area contributed by atoms with Crippen molar-refractivity contribution in [1.82, 2.24) is 4.90 Å². The summed E-state index contributed by atoms with van der Waals surface area (Å²) in [5.41, 5.74) is 2.27. The van der Waals surface area contributed by atoms with Crippen LogP contribution in [0.4, 0.5) is 5.69 Å². The Morgan fingerprint density at radius 1 is 1.25 bits per heavy atom. The smallest absolute Gasteiger partial charge is 0.230 e. The van der Waals surface area contributed by atoms with Crippen LogP contribution in [-0.2, 0) is 9.53 Å². The number of ether oxygens (including phenoxy) is 1. The number of amides is 1. The molecule has 4 heteroatoms. The van der Waals surface area contributed by atoms with Gasteiger partial charge in [0.2, 0.25) is 5.91 Å². The van der Waals surface area contributed by atoms with Crippen molar-refractivity contribution in [3.05, 3.63) is 29.8 Å².